The van der Waals surface area contributed by atoms with E-state index in [0.29, 0.717) is 0 Å². The minimum absolute atomic E-state index is 0.0520. The molecule has 1 aromatic heterocycles. The van der Waals surface area contributed by atoms with E-state index < -0.39 is 47.9 Å². The lowest BCUT2D eigenvalue weighted by atomic mass is 9.99. The summed E-state index contributed by atoms with van der Waals surface area (Å²) in [7, 11) is 1.20. The van der Waals surface area contributed by atoms with Crippen molar-refractivity contribution in [3.05, 3.63) is 46.6 Å². The number of benzene rings is 2. The lowest BCUT2D eigenvalue weighted by molar-refractivity contribution is -0.271. The summed E-state index contributed by atoms with van der Waals surface area (Å²) < 4.78 is 21.6. The maximum atomic E-state index is 12.7. The molecule has 2 heterocycles. The van der Waals surface area contributed by atoms with Crippen LogP contribution in [0.5, 0.6) is 23.0 Å². The summed E-state index contributed by atoms with van der Waals surface area (Å²) in [6.45, 7) is 0. The van der Waals surface area contributed by atoms with E-state index in [1.807, 2.05) is 0 Å². The van der Waals surface area contributed by atoms with E-state index in [1.54, 1.807) is 12.1 Å². The summed E-state index contributed by atoms with van der Waals surface area (Å²) in [5, 5.41) is 59.6. The highest BCUT2D eigenvalue weighted by Gasteiger charge is 2.48. The Hall–Kier alpha value is -3.84. The van der Waals surface area contributed by atoms with Crippen molar-refractivity contribution >= 4 is 16.9 Å². The SMILES string of the molecule is COc1c(O[C@@H]2O[C@@H](C(=O)O)[C@@H](O)[C@H](O)[C@@H]2O)cc(O)c2c(=O)cc(-c3ccccc3O)oc12. The number of carboxylic acid groups (broad SMARTS) is 1. The zero-order valence-corrected chi connectivity index (χ0v) is 17.5. The molecule has 12 heteroatoms. The Labute approximate surface area is 190 Å². The third-order valence-electron chi connectivity index (χ3n) is 5.33. The van der Waals surface area contributed by atoms with Crippen LogP contribution < -0.4 is 14.9 Å². The second-order valence-corrected chi connectivity index (χ2v) is 7.48. The summed E-state index contributed by atoms with van der Waals surface area (Å²) in [6, 6.07) is 8.09. The highest BCUT2D eigenvalue weighted by Crippen LogP contribution is 2.43. The Balaban J connectivity index is 1.83. The molecule has 1 fully saturated rings. The largest absolute Gasteiger partial charge is 0.507 e. The van der Waals surface area contributed by atoms with Crippen molar-refractivity contribution in [1.29, 1.82) is 0 Å². The molecule has 0 spiro atoms. The van der Waals surface area contributed by atoms with E-state index >= 15 is 0 Å². The second-order valence-electron chi connectivity index (χ2n) is 7.48. The van der Waals surface area contributed by atoms with Crippen molar-refractivity contribution in [2.45, 2.75) is 30.7 Å². The van der Waals surface area contributed by atoms with Crippen molar-refractivity contribution in [2.75, 3.05) is 7.11 Å². The molecule has 0 saturated carbocycles. The van der Waals surface area contributed by atoms with E-state index in [0.717, 1.165) is 12.1 Å². The van der Waals surface area contributed by atoms with Crippen LogP contribution in [0.4, 0.5) is 0 Å². The molecule has 6 N–H and O–H groups in total. The fourth-order valence-electron chi connectivity index (χ4n) is 3.64. The van der Waals surface area contributed by atoms with Crippen molar-refractivity contribution in [3.63, 3.8) is 0 Å². The minimum Gasteiger partial charge on any atom is -0.507 e. The smallest absolute Gasteiger partial charge is 0.335 e. The maximum Gasteiger partial charge on any atom is 0.335 e. The van der Waals surface area contributed by atoms with Gasteiger partial charge >= 0.3 is 5.97 Å². The van der Waals surface area contributed by atoms with Gasteiger partial charge in [0.05, 0.1) is 12.7 Å². The summed E-state index contributed by atoms with van der Waals surface area (Å²) in [5.41, 5.74) is -0.758. The highest BCUT2D eigenvalue weighted by molar-refractivity contribution is 5.92. The van der Waals surface area contributed by atoms with Crippen LogP contribution in [0, 0.1) is 0 Å². The molecular weight excluding hydrogens is 456 g/mol. The van der Waals surface area contributed by atoms with Gasteiger partial charge in [0.15, 0.2) is 22.9 Å². The Morgan fingerprint density at radius 2 is 1.71 bits per heavy atom. The van der Waals surface area contributed by atoms with E-state index in [9.17, 15) is 40.2 Å². The summed E-state index contributed by atoms with van der Waals surface area (Å²) in [5.74, 6) is -2.99. The molecule has 0 radical (unpaired) electrons. The van der Waals surface area contributed by atoms with Gasteiger partial charge in [-0.05, 0) is 12.1 Å². The van der Waals surface area contributed by atoms with Gasteiger partial charge in [-0.3, -0.25) is 4.79 Å². The zero-order valence-electron chi connectivity index (χ0n) is 17.5. The number of rotatable bonds is 5. The zero-order chi connectivity index (χ0) is 24.7. The van der Waals surface area contributed by atoms with E-state index in [2.05, 4.69) is 0 Å². The highest BCUT2D eigenvalue weighted by atomic mass is 16.7. The van der Waals surface area contributed by atoms with Crippen molar-refractivity contribution in [1.82, 2.24) is 0 Å². The number of aliphatic carboxylic acids is 1. The van der Waals surface area contributed by atoms with Gasteiger partial charge in [0.2, 0.25) is 12.0 Å². The summed E-state index contributed by atoms with van der Waals surface area (Å²) in [4.78, 5) is 24.1. The van der Waals surface area contributed by atoms with Crippen LogP contribution in [0.1, 0.15) is 0 Å². The molecule has 0 aliphatic carbocycles. The molecule has 2 aromatic carbocycles. The third-order valence-corrected chi connectivity index (χ3v) is 5.33. The molecule has 12 nitrogen and oxygen atoms in total. The van der Waals surface area contributed by atoms with Gasteiger partial charge in [0.1, 0.15) is 41.0 Å². The van der Waals surface area contributed by atoms with Crippen molar-refractivity contribution in [2.24, 2.45) is 0 Å². The number of carbonyl (C=O) groups is 1. The normalized spacial score (nSPS) is 24.6. The van der Waals surface area contributed by atoms with Crippen LogP contribution in [0.25, 0.3) is 22.3 Å². The molecule has 0 unspecified atom stereocenters. The fourth-order valence-corrected chi connectivity index (χ4v) is 3.64. The van der Waals surface area contributed by atoms with Gasteiger partial charge in [-0.15, -0.1) is 0 Å². The van der Waals surface area contributed by atoms with Crippen LogP contribution in [0.2, 0.25) is 0 Å². The van der Waals surface area contributed by atoms with Crippen LogP contribution in [0.3, 0.4) is 0 Å². The topological polar surface area (TPSA) is 196 Å². The number of carboxylic acids is 1. The summed E-state index contributed by atoms with van der Waals surface area (Å²) in [6.07, 6.45) is -9.47. The molecule has 1 saturated heterocycles. The number of para-hydroxylation sites is 1. The number of aliphatic hydroxyl groups is 3. The Morgan fingerprint density at radius 1 is 1.00 bits per heavy atom. The van der Waals surface area contributed by atoms with Crippen LogP contribution in [-0.4, -0.2) is 74.4 Å². The Bertz CT molecular complexity index is 1300. The number of ether oxygens (including phenoxy) is 3. The number of aromatic hydroxyl groups is 2. The quantitative estimate of drug-likeness (QED) is 0.292. The van der Waals surface area contributed by atoms with E-state index in [-0.39, 0.29) is 39.5 Å². The van der Waals surface area contributed by atoms with Crippen molar-refractivity contribution in [3.8, 4) is 34.3 Å². The predicted molar refractivity (Wildman–Crippen MR) is 113 cm³/mol. The first kappa shape index (κ1) is 23.3. The monoisotopic (exact) mass is 476 g/mol. The molecule has 3 aromatic rings. The molecule has 5 atom stereocenters. The average molecular weight is 476 g/mol. The van der Waals surface area contributed by atoms with Gasteiger partial charge in [-0.25, -0.2) is 4.79 Å². The average Bonchev–Trinajstić information content (AvgIpc) is 2.79. The summed E-state index contributed by atoms with van der Waals surface area (Å²) >= 11 is 0. The number of phenols is 2. The van der Waals surface area contributed by atoms with E-state index in [4.69, 9.17) is 18.6 Å². The number of methoxy groups -OCH3 is 1. The number of fused-ring (bicyclic) bond motifs is 1. The lowest BCUT2D eigenvalue weighted by Crippen LogP contribution is -2.61. The first-order chi connectivity index (χ1) is 16.1. The number of hydrogen-bond acceptors (Lipinski definition) is 11. The molecule has 4 rings (SSSR count). The van der Waals surface area contributed by atoms with E-state index in [1.165, 1.54) is 19.2 Å². The molecule has 1 aliphatic rings. The molecule has 180 valence electrons. The first-order valence-corrected chi connectivity index (χ1v) is 9.89. The predicted octanol–water partition coefficient (Wildman–Crippen LogP) is 0.151. The molecular formula is C22H20O12. The van der Waals surface area contributed by atoms with Crippen LogP contribution in [-0.2, 0) is 9.53 Å². The standard InChI is InChI=1S/C22H20O12/c1-31-18-13(33-22-17(28)15(26)16(27)20(34-22)21(29)30)7-11(25)14-10(24)6-12(32-19(14)18)8-4-2-3-5-9(8)23/h2-7,15-17,20,22-23,25-28H,1H3,(H,29,30)/t15-,16-,17-,20+,22+/m0/s1. The molecule has 34 heavy (non-hydrogen) atoms. The third kappa shape index (κ3) is 3.88. The van der Waals surface area contributed by atoms with Crippen LogP contribution >= 0.6 is 0 Å². The Kier molecular flexibility index (Phi) is 6.06. The Morgan fingerprint density at radius 3 is 2.35 bits per heavy atom. The van der Waals surface area contributed by atoms with Crippen LogP contribution in [0.15, 0.2) is 45.6 Å². The van der Waals surface area contributed by atoms with Gasteiger partial charge in [-0.2, -0.15) is 0 Å². The first-order valence-electron chi connectivity index (χ1n) is 9.89. The fraction of sp³-hybridized carbons (Fsp3) is 0.273. The second kappa shape index (κ2) is 8.83. The van der Waals surface area contributed by atoms with Gasteiger partial charge < -0.3 is 49.3 Å². The van der Waals surface area contributed by atoms with Crippen molar-refractivity contribution < 1.29 is 54.1 Å². The number of phenolic OH excluding ortho intramolecular Hbond substituents is 2. The number of aliphatic hydroxyl groups excluding tert-OH is 3. The molecule has 1 aliphatic heterocycles. The maximum absolute atomic E-state index is 12.7. The van der Waals surface area contributed by atoms with Gasteiger partial charge in [0.25, 0.3) is 0 Å². The van der Waals surface area contributed by atoms with Gasteiger partial charge in [0, 0.05) is 12.1 Å². The minimum atomic E-state index is -1.93. The molecule has 0 amide bonds. The molecule has 0 bridgehead atoms. The number of hydrogen-bond donors (Lipinski definition) is 6. The van der Waals surface area contributed by atoms with Gasteiger partial charge in [-0.1, -0.05) is 12.1 Å². The lowest BCUT2D eigenvalue weighted by Gasteiger charge is -2.38.